The van der Waals surface area contributed by atoms with Crippen molar-refractivity contribution in [2.75, 3.05) is 18.2 Å². The first-order chi connectivity index (χ1) is 15.8. The van der Waals surface area contributed by atoms with Crippen LogP contribution in [0.1, 0.15) is 32.7 Å². The van der Waals surface area contributed by atoms with Crippen molar-refractivity contribution >= 4 is 39.3 Å². The smallest absolute Gasteiger partial charge is 0.234 e. The molecule has 0 radical (unpaired) electrons. The van der Waals surface area contributed by atoms with Gasteiger partial charge in [0.05, 0.1) is 18.6 Å². The second kappa shape index (κ2) is 11.5. The average molecular weight is 537 g/mol. The van der Waals surface area contributed by atoms with Crippen molar-refractivity contribution < 1.29 is 18.7 Å². The molecule has 0 aliphatic rings. The van der Waals surface area contributed by atoms with Crippen LogP contribution in [0.5, 0.6) is 11.5 Å². The van der Waals surface area contributed by atoms with E-state index in [2.05, 4.69) is 45.3 Å². The Hall–Kier alpha value is -2.59. The quantitative estimate of drug-likeness (QED) is 0.334. The number of ether oxygens (including phenoxy) is 2. The maximum absolute atomic E-state index is 14.0. The number of thioether (sulfide) groups is 1. The molecule has 1 heterocycles. The summed E-state index contributed by atoms with van der Waals surface area (Å²) in [6, 6.07) is 11.8. The van der Waals surface area contributed by atoms with E-state index in [0.29, 0.717) is 39.4 Å². The van der Waals surface area contributed by atoms with E-state index >= 15 is 0 Å². The molecule has 10 heteroatoms. The van der Waals surface area contributed by atoms with Gasteiger partial charge in [0.15, 0.2) is 17.1 Å². The van der Waals surface area contributed by atoms with E-state index in [1.54, 1.807) is 19.2 Å². The zero-order chi connectivity index (χ0) is 24.0. The molecule has 0 bridgehead atoms. The maximum Gasteiger partial charge on any atom is 0.234 e. The van der Waals surface area contributed by atoms with Crippen LogP contribution in [0.4, 0.5) is 10.1 Å². The Balaban J connectivity index is 1.71. The van der Waals surface area contributed by atoms with E-state index in [1.807, 2.05) is 29.7 Å². The third-order valence-electron chi connectivity index (χ3n) is 4.55. The van der Waals surface area contributed by atoms with Gasteiger partial charge in [0.25, 0.3) is 0 Å². The fraction of sp³-hybridized carbons (Fsp3) is 0.348. The first kappa shape index (κ1) is 25.0. The van der Waals surface area contributed by atoms with Crippen molar-refractivity contribution in [1.29, 1.82) is 0 Å². The molecule has 0 aliphatic heterocycles. The van der Waals surface area contributed by atoms with E-state index < -0.39 is 5.82 Å². The molecule has 3 aromatic rings. The molecule has 1 atom stereocenters. The van der Waals surface area contributed by atoms with Crippen molar-refractivity contribution in [2.24, 2.45) is 5.92 Å². The molecule has 1 unspecified atom stereocenters. The largest absolute Gasteiger partial charge is 0.497 e. The summed E-state index contributed by atoms with van der Waals surface area (Å²) in [6.45, 7) is 6.75. The number of hydrogen-bond acceptors (Lipinski definition) is 6. The van der Waals surface area contributed by atoms with Gasteiger partial charge in [0.2, 0.25) is 5.91 Å². The minimum absolute atomic E-state index is 0.0663. The third kappa shape index (κ3) is 6.94. The molecule has 7 nitrogen and oxygen atoms in total. The van der Waals surface area contributed by atoms with Gasteiger partial charge in [0.1, 0.15) is 17.3 Å². The van der Waals surface area contributed by atoms with Crippen LogP contribution in [-0.2, 0) is 11.3 Å². The highest BCUT2D eigenvalue weighted by molar-refractivity contribution is 9.10. The summed E-state index contributed by atoms with van der Waals surface area (Å²) in [4.78, 5) is 12.4. The number of nitrogens with one attached hydrogen (secondary N) is 1. The molecule has 33 heavy (non-hydrogen) atoms. The van der Waals surface area contributed by atoms with Crippen LogP contribution in [0.15, 0.2) is 52.1 Å². The third-order valence-corrected chi connectivity index (χ3v) is 6.01. The van der Waals surface area contributed by atoms with Crippen LogP contribution < -0.4 is 14.8 Å². The topological polar surface area (TPSA) is 78.3 Å². The highest BCUT2D eigenvalue weighted by Gasteiger charge is 2.21. The van der Waals surface area contributed by atoms with Gasteiger partial charge < -0.3 is 19.4 Å². The predicted octanol–water partition coefficient (Wildman–Crippen LogP) is 5.72. The summed E-state index contributed by atoms with van der Waals surface area (Å²) in [7, 11) is 1.60. The van der Waals surface area contributed by atoms with Crippen LogP contribution in [0, 0.1) is 11.7 Å². The number of hydrogen-bond donors (Lipinski definition) is 1. The minimum atomic E-state index is -0.503. The molecular weight excluding hydrogens is 511 g/mol. The van der Waals surface area contributed by atoms with Gasteiger partial charge >= 0.3 is 0 Å². The summed E-state index contributed by atoms with van der Waals surface area (Å²) < 4.78 is 27.9. The Morgan fingerprint density at radius 2 is 1.94 bits per heavy atom. The fourth-order valence-corrected chi connectivity index (χ4v) is 4.17. The van der Waals surface area contributed by atoms with E-state index in [-0.39, 0.29) is 23.5 Å². The highest BCUT2D eigenvalue weighted by Crippen LogP contribution is 2.28. The minimum Gasteiger partial charge on any atom is -0.497 e. The Morgan fingerprint density at radius 1 is 1.18 bits per heavy atom. The van der Waals surface area contributed by atoms with Gasteiger partial charge in [-0.2, -0.15) is 0 Å². The number of amides is 1. The van der Waals surface area contributed by atoms with Gasteiger partial charge in [-0.05, 0) is 43.2 Å². The van der Waals surface area contributed by atoms with E-state index in [9.17, 15) is 9.18 Å². The summed E-state index contributed by atoms with van der Waals surface area (Å²) in [5.74, 6) is 1.58. The molecule has 1 N–H and O–H groups in total. The molecule has 176 valence electrons. The van der Waals surface area contributed by atoms with Crippen molar-refractivity contribution in [1.82, 2.24) is 14.8 Å². The van der Waals surface area contributed by atoms with Crippen LogP contribution in [0.3, 0.4) is 0 Å². The number of aromatic nitrogens is 3. The first-order valence-electron chi connectivity index (χ1n) is 10.4. The fourth-order valence-electron chi connectivity index (χ4n) is 3.08. The van der Waals surface area contributed by atoms with Gasteiger partial charge in [-0.1, -0.05) is 47.6 Å². The zero-order valence-corrected chi connectivity index (χ0v) is 21.2. The van der Waals surface area contributed by atoms with Crippen LogP contribution in [0.25, 0.3) is 0 Å². The van der Waals surface area contributed by atoms with Crippen molar-refractivity contribution in [2.45, 2.75) is 38.6 Å². The second-order valence-electron chi connectivity index (χ2n) is 7.75. The number of anilines is 1. The molecule has 0 aliphatic carbocycles. The van der Waals surface area contributed by atoms with Gasteiger partial charge in [-0.25, -0.2) is 4.39 Å². The first-order valence-corrected chi connectivity index (χ1v) is 12.2. The van der Waals surface area contributed by atoms with Crippen molar-refractivity contribution in [3.05, 3.63) is 58.6 Å². The monoisotopic (exact) mass is 536 g/mol. The molecule has 2 aromatic carbocycles. The van der Waals surface area contributed by atoms with Gasteiger partial charge in [0, 0.05) is 17.1 Å². The Labute approximate surface area is 205 Å². The number of carbonyl (C=O) groups excluding carboxylic acids is 1. The Kier molecular flexibility index (Phi) is 8.74. The Bertz CT molecular complexity index is 1110. The molecule has 0 saturated heterocycles. The standard InChI is InChI=1S/C23H26BrFN4O3S/c1-14(2)12-29-22(15(3)32-18-7-5-6-17(11-18)31-4)27-28-23(29)33-13-21(30)26-20-9-8-16(24)10-19(20)25/h5-11,14-15H,12-13H2,1-4H3,(H,26,30). The number of rotatable bonds is 10. The summed E-state index contributed by atoms with van der Waals surface area (Å²) in [5.41, 5.74) is 0.133. The average Bonchev–Trinajstić information content (AvgIpc) is 3.16. The molecule has 0 fully saturated rings. The molecule has 0 saturated carbocycles. The lowest BCUT2D eigenvalue weighted by Crippen LogP contribution is -2.17. The summed E-state index contributed by atoms with van der Waals surface area (Å²) in [6.07, 6.45) is -0.372. The van der Waals surface area contributed by atoms with Crippen LogP contribution in [-0.4, -0.2) is 33.5 Å². The lowest BCUT2D eigenvalue weighted by molar-refractivity contribution is -0.113. The highest BCUT2D eigenvalue weighted by atomic mass is 79.9. The zero-order valence-electron chi connectivity index (χ0n) is 18.8. The molecule has 1 aromatic heterocycles. The van der Waals surface area contributed by atoms with E-state index in [1.165, 1.54) is 23.9 Å². The van der Waals surface area contributed by atoms with Crippen molar-refractivity contribution in [3.63, 3.8) is 0 Å². The van der Waals surface area contributed by atoms with E-state index in [0.717, 1.165) is 0 Å². The molecule has 1 amide bonds. The van der Waals surface area contributed by atoms with Crippen LogP contribution >= 0.6 is 27.7 Å². The summed E-state index contributed by atoms with van der Waals surface area (Å²) in [5, 5.41) is 11.8. The summed E-state index contributed by atoms with van der Waals surface area (Å²) >= 11 is 4.45. The lowest BCUT2D eigenvalue weighted by Gasteiger charge is -2.18. The molecular formula is C23H26BrFN4O3S. The Morgan fingerprint density at radius 3 is 2.64 bits per heavy atom. The second-order valence-corrected chi connectivity index (χ2v) is 9.60. The number of benzene rings is 2. The van der Waals surface area contributed by atoms with E-state index in [4.69, 9.17) is 9.47 Å². The molecule has 0 spiro atoms. The number of halogens is 2. The SMILES string of the molecule is COc1cccc(OC(C)c2nnc(SCC(=O)Nc3ccc(Br)cc3F)n2CC(C)C)c1. The molecule has 3 rings (SSSR count). The van der Waals surface area contributed by atoms with Gasteiger partial charge in [-0.15, -0.1) is 10.2 Å². The maximum atomic E-state index is 14.0. The predicted molar refractivity (Wildman–Crippen MR) is 130 cm³/mol. The number of methoxy groups -OCH3 is 1. The van der Waals surface area contributed by atoms with Crippen molar-refractivity contribution in [3.8, 4) is 11.5 Å². The lowest BCUT2D eigenvalue weighted by atomic mass is 10.2. The number of carbonyl (C=O) groups is 1. The van der Waals surface area contributed by atoms with Gasteiger partial charge in [-0.3, -0.25) is 4.79 Å². The van der Waals surface area contributed by atoms with Crippen LogP contribution in [0.2, 0.25) is 0 Å². The number of nitrogens with zero attached hydrogens (tertiary/aromatic N) is 3. The normalized spacial score (nSPS) is 12.0.